The number of oxime groups is 1. The summed E-state index contributed by atoms with van der Waals surface area (Å²) < 4.78 is 43.5. The number of nitrogens with two attached hydrogens (primary N) is 1. The molecule has 4 N–H and O–H groups in total. The number of rotatable bonds is 6. The molecule has 186 valence electrons. The Bertz CT molecular complexity index is 1290. The summed E-state index contributed by atoms with van der Waals surface area (Å²) in [4.78, 5) is 34.9. The Labute approximate surface area is 194 Å². The SMILES string of the molecule is CCS(=O)(=O)O.CO/N=C1/CN(c2nc3c(cc2F)c(=O)c(C(=O)O)cn3C2CC2)CC1CN. The highest BCUT2D eigenvalue weighted by atomic mass is 32.2. The number of halogens is 1. The summed E-state index contributed by atoms with van der Waals surface area (Å²) in [5, 5.41) is 13.2. The van der Waals surface area contributed by atoms with E-state index in [0.717, 1.165) is 18.9 Å². The fourth-order valence-electron chi connectivity index (χ4n) is 3.60. The molecule has 14 heteroatoms. The molecule has 1 aliphatic heterocycles. The van der Waals surface area contributed by atoms with E-state index < -0.39 is 27.3 Å². The van der Waals surface area contributed by atoms with Crippen LogP contribution in [0.4, 0.5) is 10.2 Å². The molecule has 2 aromatic heterocycles. The van der Waals surface area contributed by atoms with Crippen LogP contribution in [0, 0.1) is 11.7 Å². The minimum absolute atomic E-state index is 0.0339. The lowest BCUT2D eigenvalue weighted by Gasteiger charge is -2.19. The first-order chi connectivity index (χ1) is 16.0. The molecule has 12 nitrogen and oxygen atoms in total. The molecule has 1 aliphatic carbocycles. The van der Waals surface area contributed by atoms with Crippen LogP contribution in [-0.2, 0) is 15.0 Å². The largest absolute Gasteiger partial charge is 0.477 e. The van der Waals surface area contributed by atoms with Crippen molar-refractivity contribution in [3.05, 3.63) is 33.9 Å². The van der Waals surface area contributed by atoms with Crippen LogP contribution in [0.1, 0.15) is 36.2 Å². The van der Waals surface area contributed by atoms with Crippen molar-refractivity contribution >= 4 is 38.7 Å². The van der Waals surface area contributed by atoms with Gasteiger partial charge in [0.15, 0.2) is 11.6 Å². The third-order valence-corrected chi connectivity index (χ3v) is 6.26. The van der Waals surface area contributed by atoms with Crippen LogP contribution in [0.2, 0.25) is 0 Å². The van der Waals surface area contributed by atoms with E-state index in [2.05, 4.69) is 10.1 Å². The number of carboxylic acids is 1. The van der Waals surface area contributed by atoms with Crippen LogP contribution in [0.5, 0.6) is 0 Å². The van der Waals surface area contributed by atoms with Crippen molar-refractivity contribution in [1.29, 1.82) is 0 Å². The van der Waals surface area contributed by atoms with Gasteiger partial charge in [-0.3, -0.25) is 9.35 Å². The summed E-state index contributed by atoms with van der Waals surface area (Å²) in [5.74, 6) is -2.23. The number of fused-ring (bicyclic) bond motifs is 1. The molecule has 0 amide bonds. The number of nitrogens with zero attached hydrogens (tertiary/aromatic N) is 4. The van der Waals surface area contributed by atoms with Gasteiger partial charge >= 0.3 is 5.97 Å². The van der Waals surface area contributed by atoms with E-state index in [-0.39, 0.29) is 40.1 Å². The van der Waals surface area contributed by atoms with Crippen LogP contribution in [0.3, 0.4) is 0 Å². The summed E-state index contributed by atoms with van der Waals surface area (Å²) in [6.45, 7) is 2.44. The summed E-state index contributed by atoms with van der Waals surface area (Å²) >= 11 is 0. The third-order valence-electron chi connectivity index (χ3n) is 5.53. The van der Waals surface area contributed by atoms with Crippen molar-refractivity contribution in [2.24, 2.45) is 16.8 Å². The van der Waals surface area contributed by atoms with E-state index >= 15 is 0 Å². The monoisotopic (exact) mass is 499 g/mol. The number of carboxylic acid groups (broad SMARTS) is 1. The van der Waals surface area contributed by atoms with Gasteiger partial charge in [-0.1, -0.05) is 5.16 Å². The number of carbonyl (C=O) groups is 1. The van der Waals surface area contributed by atoms with Crippen molar-refractivity contribution < 1.29 is 32.1 Å². The number of hydrogen-bond donors (Lipinski definition) is 3. The summed E-state index contributed by atoms with van der Waals surface area (Å²) in [5.41, 5.74) is 5.65. The van der Waals surface area contributed by atoms with Gasteiger partial charge in [0.25, 0.3) is 10.1 Å². The van der Waals surface area contributed by atoms with Gasteiger partial charge in [-0.05, 0) is 25.8 Å². The highest BCUT2D eigenvalue weighted by Crippen LogP contribution is 2.37. The van der Waals surface area contributed by atoms with Crippen molar-refractivity contribution in [1.82, 2.24) is 9.55 Å². The molecule has 0 aromatic carbocycles. The molecule has 0 bridgehead atoms. The summed E-state index contributed by atoms with van der Waals surface area (Å²) in [7, 11) is -2.23. The first kappa shape index (κ1) is 25.5. The van der Waals surface area contributed by atoms with Crippen molar-refractivity contribution in [2.75, 3.05) is 37.4 Å². The van der Waals surface area contributed by atoms with Gasteiger partial charge in [0, 0.05) is 31.2 Å². The van der Waals surface area contributed by atoms with Crippen LogP contribution < -0.4 is 16.1 Å². The first-order valence-corrected chi connectivity index (χ1v) is 12.1. The lowest BCUT2D eigenvalue weighted by Crippen LogP contribution is -2.26. The van der Waals surface area contributed by atoms with Crippen LogP contribution in [0.25, 0.3) is 11.0 Å². The van der Waals surface area contributed by atoms with Crippen LogP contribution in [-0.4, -0.2) is 71.8 Å². The minimum Gasteiger partial charge on any atom is -0.477 e. The van der Waals surface area contributed by atoms with E-state index in [1.807, 2.05) is 0 Å². The molecule has 1 unspecified atom stereocenters. The van der Waals surface area contributed by atoms with E-state index in [9.17, 15) is 27.5 Å². The van der Waals surface area contributed by atoms with Gasteiger partial charge in [0.1, 0.15) is 18.3 Å². The highest BCUT2D eigenvalue weighted by molar-refractivity contribution is 7.85. The zero-order valence-corrected chi connectivity index (χ0v) is 19.5. The minimum atomic E-state index is -3.66. The van der Waals surface area contributed by atoms with Gasteiger partial charge in [0.2, 0.25) is 5.43 Å². The molecule has 2 aliphatic rings. The molecule has 4 rings (SSSR count). The number of aromatic nitrogens is 2. The maximum Gasteiger partial charge on any atom is 0.341 e. The number of pyridine rings is 2. The van der Waals surface area contributed by atoms with E-state index in [1.54, 1.807) is 9.47 Å². The Hall–Kier alpha value is -3.10. The Balaban J connectivity index is 0.000000481. The van der Waals surface area contributed by atoms with Crippen LogP contribution in [0.15, 0.2) is 22.2 Å². The fraction of sp³-hybridized carbons (Fsp3) is 0.500. The highest BCUT2D eigenvalue weighted by Gasteiger charge is 2.33. The fourth-order valence-corrected chi connectivity index (χ4v) is 3.60. The summed E-state index contributed by atoms with van der Waals surface area (Å²) in [6.07, 6.45) is 3.02. The zero-order chi connectivity index (χ0) is 25.2. The lowest BCUT2D eigenvalue weighted by molar-refractivity contribution is 0.0694. The molecule has 2 aromatic rings. The quantitative estimate of drug-likeness (QED) is 0.381. The molecule has 1 saturated carbocycles. The number of hydrogen-bond acceptors (Lipinski definition) is 9. The van der Waals surface area contributed by atoms with Gasteiger partial charge in [-0.15, -0.1) is 0 Å². The molecule has 1 saturated heterocycles. The molecular weight excluding hydrogens is 473 g/mol. The molecular formula is C20H26FN5O7S. The predicted molar refractivity (Wildman–Crippen MR) is 122 cm³/mol. The van der Waals surface area contributed by atoms with E-state index in [4.69, 9.17) is 15.1 Å². The standard InChI is InChI=1S/C18H20FN5O4.C2H6O3S/c1-28-22-14-8-23(6-9(14)5-20)17-13(19)4-11-15(25)12(18(26)27)7-24(10-2-3-10)16(11)21-17;1-2-6(3,4)5/h4,7,9-10H,2-3,5-6,8,20H2,1H3,(H,26,27);2H2,1H3,(H,3,4,5)/b22-14-;. The normalized spacial score (nSPS) is 19.3. The van der Waals surface area contributed by atoms with Gasteiger partial charge < -0.3 is 25.1 Å². The van der Waals surface area contributed by atoms with Crippen molar-refractivity contribution in [3.63, 3.8) is 0 Å². The Morgan fingerprint density at radius 1 is 1.41 bits per heavy atom. The maximum atomic E-state index is 14.9. The number of anilines is 1. The average Bonchev–Trinajstić information content (AvgIpc) is 3.54. The number of aromatic carboxylic acids is 1. The molecule has 2 fully saturated rings. The second-order valence-corrected chi connectivity index (χ2v) is 9.67. The van der Waals surface area contributed by atoms with Gasteiger partial charge in [-0.2, -0.15) is 8.42 Å². The zero-order valence-electron chi connectivity index (χ0n) is 18.6. The predicted octanol–water partition coefficient (Wildman–Crippen LogP) is 0.860. The second-order valence-electron chi connectivity index (χ2n) is 7.93. The lowest BCUT2D eigenvalue weighted by atomic mass is 10.1. The smallest absolute Gasteiger partial charge is 0.341 e. The van der Waals surface area contributed by atoms with Crippen molar-refractivity contribution in [2.45, 2.75) is 25.8 Å². The molecule has 0 spiro atoms. The van der Waals surface area contributed by atoms with Crippen molar-refractivity contribution in [3.8, 4) is 0 Å². The Kier molecular flexibility index (Phi) is 7.53. The third kappa shape index (κ3) is 5.51. The van der Waals surface area contributed by atoms with E-state index in [1.165, 1.54) is 20.2 Å². The topological polar surface area (TPSA) is 177 Å². The first-order valence-electron chi connectivity index (χ1n) is 10.5. The summed E-state index contributed by atoms with van der Waals surface area (Å²) in [6, 6.07) is 1.14. The van der Waals surface area contributed by atoms with E-state index in [0.29, 0.717) is 25.3 Å². The molecule has 3 heterocycles. The molecule has 0 radical (unpaired) electrons. The van der Waals surface area contributed by atoms with Crippen LogP contribution >= 0.6 is 0 Å². The van der Waals surface area contributed by atoms with Gasteiger partial charge in [0.05, 0.1) is 23.4 Å². The Morgan fingerprint density at radius 3 is 2.56 bits per heavy atom. The second kappa shape index (κ2) is 10.0. The molecule has 1 atom stereocenters. The Morgan fingerprint density at radius 2 is 2.06 bits per heavy atom. The van der Waals surface area contributed by atoms with Gasteiger partial charge in [-0.25, -0.2) is 14.2 Å². The maximum absolute atomic E-state index is 14.9. The molecule has 34 heavy (non-hydrogen) atoms. The average molecular weight is 500 g/mol.